The first-order valence-electron chi connectivity index (χ1n) is 6.30. The van der Waals surface area contributed by atoms with Crippen LogP contribution in [0.3, 0.4) is 0 Å². The molecule has 17 heavy (non-hydrogen) atoms. The largest absolute Gasteiger partial charge is 0.480 e. The Hall–Kier alpha value is -1.10. The second kappa shape index (κ2) is 6.00. The molecule has 98 valence electrons. The third-order valence-corrected chi connectivity index (χ3v) is 3.58. The first-order chi connectivity index (χ1) is 8.05. The second-order valence-corrected chi connectivity index (χ2v) is 4.71. The Morgan fingerprint density at radius 3 is 2.59 bits per heavy atom. The van der Waals surface area contributed by atoms with Crippen LogP contribution in [0.25, 0.3) is 0 Å². The summed E-state index contributed by atoms with van der Waals surface area (Å²) in [4.78, 5) is 23.2. The van der Waals surface area contributed by atoms with Crippen molar-refractivity contribution in [3.05, 3.63) is 0 Å². The lowest BCUT2D eigenvalue weighted by molar-refractivity contribution is -0.144. The zero-order valence-electron chi connectivity index (χ0n) is 10.6. The number of amides is 1. The highest BCUT2D eigenvalue weighted by Crippen LogP contribution is 2.29. The SMILES string of the molecule is CCCC(NC(=O)C1(CC)CCNC1)C(=O)O. The molecule has 0 spiro atoms. The summed E-state index contributed by atoms with van der Waals surface area (Å²) in [6.45, 7) is 5.36. The van der Waals surface area contributed by atoms with Gasteiger partial charge in [-0.2, -0.15) is 0 Å². The van der Waals surface area contributed by atoms with Gasteiger partial charge < -0.3 is 15.7 Å². The third-order valence-electron chi connectivity index (χ3n) is 3.58. The van der Waals surface area contributed by atoms with E-state index in [1.54, 1.807) is 0 Å². The first kappa shape index (κ1) is 14.0. The van der Waals surface area contributed by atoms with Gasteiger partial charge in [-0.15, -0.1) is 0 Å². The summed E-state index contributed by atoms with van der Waals surface area (Å²) in [5, 5.41) is 14.9. The average Bonchev–Trinajstić information content (AvgIpc) is 2.78. The lowest BCUT2D eigenvalue weighted by Gasteiger charge is -2.27. The molecule has 0 bridgehead atoms. The van der Waals surface area contributed by atoms with Gasteiger partial charge >= 0.3 is 5.97 Å². The van der Waals surface area contributed by atoms with Gasteiger partial charge in [-0.1, -0.05) is 20.3 Å². The Balaban J connectivity index is 2.65. The first-order valence-corrected chi connectivity index (χ1v) is 6.30. The van der Waals surface area contributed by atoms with Crippen molar-refractivity contribution >= 4 is 11.9 Å². The van der Waals surface area contributed by atoms with Crippen LogP contribution < -0.4 is 10.6 Å². The number of aliphatic carboxylic acids is 1. The van der Waals surface area contributed by atoms with Gasteiger partial charge in [-0.05, 0) is 25.8 Å². The maximum Gasteiger partial charge on any atom is 0.326 e. The van der Waals surface area contributed by atoms with Crippen LogP contribution in [0.1, 0.15) is 39.5 Å². The Labute approximate surface area is 102 Å². The lowest BCUT2D eigenvalue weighted by Crippen LogP contribution is -2.49. The van der Waals surface area contributed by atoms with Gasteiger partial charge in [0.25, 0.3) is 0 Å². The highest BCUT2D eigenvalue weighted by Gasteiger charge is 2.40. The number of carbonyl (C=O) groups excluding carboxylic acids is 1. The van der Waals surface area contributed by atoms with Crippen molar-refractivity contribution in [2.75, 3.05) is 13.1 Å². The van der Waals surface area contributed by atoms with Crippen molar-refractivity contribution in [3.8, 4) is 0 Å². The number of hydrogen-bond acceptors (Lipinski definition) is 3. The van der Waals surface area contributed by atoms with Crippen molar-refractivity contribution < 1.29 is 14.7 Å². The van der Waals surface area contributed by atoms with Gasteiger partial charge in [0.2, 0.25) is 5.91 Å². The topological polar surface area (TPSA) is 78.4 Å². The van der Waals surface area contributed by atoms with Gasteiger partial charge in [-0.25, -0.2) is 4.79 Å². The summed E-state index contributed by atoms with van der Waals surface area (Å²) in [5.74, 6) is -1.07. The van der Waals surface area contributed by atoms with Crippen molar-refractivity contribution in [2.45, 2.75) is 45.6 Å². The minimum Gasteiger partial charge on any atom is -0.480 e. The monoisotopic (exact) mass is 242 g/mol. The molecule has 0 aromatic rings. The highest BCUT2D eigenvalue weighted by atomic mass is 16.4. The smallest absolute Gasteiger partial charge is 0.326 e. The van der Waals surface area contributed by atoms with Gasteiger partial charge in [-0.3, -0.25) is 4.79 Å². The van der Waals surface area contributed by atoms with Crippen LogP contribution in [0.15, 0.2) is 0 Å². The Morgan fingerprint density at radius 1 is 1.47 bits per heavy atom. The predicted octanol–water partition coefficient (Wildman–Crippen LogP) is 0.746. The number of hydrogen-bond donors (Lipinski definition) is 3. The lowest BCUT2D eigenvalue weighted by atomic mass is 9.83. The Bertz CT molecular complexity index is 285. The van der Waals surface area contributed by atoms with E-state index in [1.807, 2.05) is 13.8 Å². The molecule has 0 aliphatic carbocycles. The maximum absolute atomic E-state index is 12.2. The van der Waals surface area contributed by atoms with E-state index in [0.29, 0.717) is 13.0 Å². The number of nitrogens with one attached hydrogen (secondary N) is 2. The molecule has 0 aromatic heterocycles. The van der Waals surface area contributed by atoms with Crippen LogP contribution in [-0.2, 0) is 9.59 Å². The van der Waals surface area contributed by atoms with Crippen molar-refractivity contribution in [2.24, 2.45) is 5.41 Å². The summed E-state index contributed by atoms with van der Waals surface area (Å²) in [7, 11) is 0. The van der Waals surface area contributed by atoms with E-state index < -0.39 is 17.4 Å². The molecular weight excluding hydrogens is 220 g/mol. The molecule has 5 nitrogen and oxygen atoms in total. The molecule has 1 saturated heterocycles. The minimum absolute atomic E-state index is 0.120. The quantitative estimate of drug-likeness (QED) is 0.642. The van der Waals surface area contributed by atoms with Crippen molar-refractivity contribution in [1.29, 1.82) is 0 Å². The van der Waals surface area contributed by atoms with E-state index in [-0.39, 0.29) is 5.91 Å². The van der Waals surface area contributed by atoms with Gasteiger partial charge in [0.1, 0.15) is 6.04 Å². The molecule has 2 unspecified atom stereocenters. The van der Waals surface area contributed by atoms with E-state index >= 15 is 0 Å². The molecule has 1 aliphatic rings. The minimum atomic E-state index is -0.947. The molecule has 0 saturated carbocycles. The van der Waals surface area contributed by atoms with Crippen LogP contribution in [0.4, 0.5) is 0 Å². The molecule has 0 radical (unpaired) electrons. The van der Waals surface area contributed by atoms with Crippen LogP contribution in [0, 0.1) is 5.41 Å². The van der Waals surface area contributed by atoms with E-state index in [2.05, 4.69) is 10.6 Å². The Morgan fingerprint density at radius 2 is 2.18 bits per heavy atom. The van der Waals surface area contributed by atoms with Gasteiger partial charge in [0.15, 0.2) is 0 Å². The number of rotatable bonds is 6. The fraction of sp³-hybridized carbons (Fsp3) is 0.833. The van der Waals surface area contributed by atoms with Crippen molar-refractivity contribution in [1.82, 2.24) is 10.6 Å². The molecule has 3 N–H and O–H groups in total. The number of carbonyl (C=O) groups is 2. The molecule has 0 aromatic carbocycles. The maximum atomic E-state index is 12.2. The van der Waals surface area contributed by atoms with Crippen LogP contribution >= 0.6 is 0 Å². The second-order valence-electron chi connectivity index (χ2n) is 4.71. The molecule has 1 amide bonds. The van der Waals surface area contributed by atoms with E-state index in [0.717, 1.165) is 25.8 Å². The summed E-state index contributed by atoms with van der Waals surface area (Å²) < 4.78 is 0. The average molecular weight is 242 g/mol. The molecule has 1 heterocycles. The molecule has 1 aliphatic heterocycles. The van der Waals surface area contributed by atoms with E-state index in [9.17, 15) is 9.59 Å². The zero-order chi connectivity index (χ0) is 12.9. The summed E-state index contributed by atoms with van der Waals surface area (Å²) in [6, 6.07) is -0.753. The molecule has 5 heteroatoms. The van der Waals surface area contributed by atoms with Crippen LogP contribution in [0.5, 0.6) is 0 Å². The normalized spacial score (nSPS) is 25.5. The number of carboxylic acids is 1. The standard InChI is InChI=1S/C12H22N2O3/c1-3-5-9(10(15)16)14-11(17)12(4-2)6-7-13-8-12/h9,13H,3-8H2,1-2H3,(H,14,17)(H,15,16). The van der Waals surface area contributed by atoms with E-state index in [4.69, 9.17) is 5.11 Å². The highest BCUT2D eigenvalue weighted by molar-refractivity contribution is 5.87. The predicted molar refractivity (Wildman–Crippen MR) is 64.7 cm³/mol. The summed E-state index contributed by atoms with van der Waals surface area (Å²) in [6.07, 6.45) is 2.75. The molecule has 1 rings (SSSR count). The Kier molecular flexibility index (Phi) is 4.93. The molecule has 1 fully saturated rings. The summed E-state index contributed by atoms with van der Waals surface area (Å²) in [5.41, 5.74) is -0.415. The molecular formula is C12H22N2O3. The fourth-order valence-corrected chi connectivity index (χ4v) is 2.26. The summed E-state index contributed by atoms with van der Waals surface area (Å²) >= 11 is 0. The van der Waals surface area contributed by atoms with Crippen LogP contribution in [0.2, 0.25) is 0 Å². The van der Waals surface area contributed by atoms with Gasteiger partial charge in [0, 0.05) is 6.54 Å². The van der Waals surface area contributed by atoms with Gasteiger partial charge in [0.05, 0.1) is 5.41 Å². The van der Waals surface area contributed by atoms with E-state index in [1.165, 1.54) is 0 Å². The van der Waals surface area contributed by atoms with Crippen LogP contribution in [-0.4, -0.2) is 36.1 Å². The zero-order valence-corrected chi connectivity index (χ0v) is 10.6. The van der Waals surface area contributed by atoms with Crippen molar-refractivity contribution in [3.63, 3.8) is 0 Å². The molecule has 2 atom stereocenters. The number of carboxylic acid groups (broad SMARTS) is 1. The fourth-order valence-electron chi connectivity index (χ4n) is 2.26. The third kappa shape index (κ3) is 3.19.